The molecule has 1 saturated carbocycles. The van der Waals surface area contributed by atoms with Crippen molar-refractivity contribution in [1.82, 2.24) is 10.6 Å². The van der Waals surface area contributed by atoms with Crippen LogP contribution >= 0.6 is 0 Å². The van der Waals surface area contributed by atoms with Gasteiger partial charge in [-0.05, 0) is 30.0 Å². The molecule has 0 bridgehead atoms. The fourth-order valence-electron chi connectivity index (χ4n) is 2.13. The second kappa shape index (κ2) is 5.73. The summed E-state index contributed by atoms with van der Waals surface area (Å²) in [5, 5.41) is 14.6. The highest BCUT2D eigenvalue weighted by molar-refractivity contribution is 5.83. The highest BCUT2D eigenvalue weighted by Crippen LogP contribution is 2.47. The van der Waals surface area contributed by atoms with Crippen LogP contribution in [0.25, 0.3) is 0 Å². The maximum Gasteiger partial charge on any atom is 0.223 e. The number of amides is 2. The molecule has 0 spiro atoms. The number of carbonyl (C=O) groups is 2. The van der Waals surface area contributed by atoms with E-state index in [-0.39, 0.29) is 29.4 Å². The summed E-state index contributed by atoms with van der Waals surface area (Å²) in [7, 11) is 0. The molecular formula is C14H18N2O3. The highest BCUT2D eigenvalue weighted by atomic mass is 16.3. The standard InChI is InChI=1S/C14H18N2O3/c1-9(17)15-6-7-16-14(19)13-8-12(13)10-2-4-11(18)5-3-10/h2-5,12-13,18H,6-8H2,1H3,(H,15,17)(H,16,19). The van der Waals surface area contributed by atoms with E-state index in [1.165, 1.54) is 6.92 Å². The lowest BCUT2D eigenvalue weighted by Crippen LogP contribution is -2.34. The number of hydrogen-bond donors (Lipinski definition) is 3. The van der Waals surface area contributed by atoms with Gasteiger partial charge in [0, 0.05) is 25.9 Å². The van der Waals surface area contributed by atoms with Crippen molar-refractivity contribution in [3.05, 3.63) is 29.8 Å². The second-order valence-electron chi connectivity index (χ2n) is 4.81. The summed E-state index contributed by atoms with van der Waals surface area (Å²) in [5.41, 5.74) is 1.08. The fraction of sp³-hybridized carbons (Fsp3) is 0.429. The minimum Gasteiger partial charge on any atom is -0.508 e. The van der Waals surface area contributed by atoms with E-state index in [1.54, 1.807) is 12.1 Å². The van der Waals surface area contributed by atoms with Crippen molar-refractivity contribution in [2.45, 2.75) is 19.3 Å². The first-order valence-electron chi connectivity index (χ1n) is 6.39. The molecule has 1 aromatic rings. The molecular weight excluding hydrogens is 244 g/mol. The predicted molar refractivity (Wildman–Crippen MR) is 70.6 cm³/mol. The fourth-order valence-corrected chi connectivity index (χ4v) is 2.13. The first-order chi connectivity index (χ1) is 9.08. The molecule has 0 saturated heterocycles. The van der Waals surface area contributed by atoms with Crippen LogP contribution in [-0.4, -0.2) is 30.0 Å². The number of aromatic hydroxyl groups is 1. The van der Waals surface area contributed by atoms with Gasteiger partial charge in [-0.2, -0.15) is 0 Å². The van der Waals surface area contributed by atoms with E-state index in [9.17, 15) is 14.7 Å². The third kappa shape index (κ3) is 3.71. The first-order valence-corrected chi connectivity index (χ1v) is 6.39. The number of benzene rings is 1. The molecule has 102 valence electrons. The normalized spacial score (nSPS) is 20.7. The molecule has 0 aromatic heterocycles. The van der Waals surface area contributed by atoms with Crippen LogP contribution in [0, 0.1) is 5.92 Å². The third-order valence-corrected chi connectivity index (χ3v) is 3.25. The third-order valence-electron chi connectivity index (χ3n) is 3.25. The van der Waals surface area contributed by atoms with Gasteiger partial charge in [0.05, 0.1) is 0 Å². The Balaban J connectivity index is 1.74. The Morgan fingerprint density at radius 1 is 1.21 bits per heavy atom. The molecule has 5 heteroatoms. The topological polar surface area (TPSA) is 78.4 Å². The Hall–Kier alpha value is -2.04. The zero-order valence-electron chi connectivity index (χ0n) is 10.8. The Kier molecular flexibility index (Phi) is 4.04. The molecule has 0 heterocycles. The number of carbonyl (C=O) groups excluding carboxylic acids is 2. The van der Waals surface area contributed by atoms with Crippen molar-refractivity contribution in [2.24, 2.45) is 5.92 Å². The van der Waals surface area contributed by atoms with Gasteiger partial charge in [0.1, 0.15) is 5.75 Å². The molecule has 2 amide bonds. The number of phenolic OH excluding ortho intramolecular Hbond substituents is 1. The van der Waals surface area contributed by atoms with Crippen LogP contribution in [0.1, 0.15) is 24.8 Å². The molecule has 5 nitrogen and oxygen atoms in total. The van der Waals surface area contributed by atoms with Crippen LogP contribution in [0.15, 0.2) is 24.3 Å². The number of hydrogen-bond acceptors (Lipinski definition) is 3. The van der Waals surface area contributed by atoms with Crippen LogP contribution < -0.4 is 10.6 Å². The number of rotatable bonds is 5. The molecule has 1 aliphatic carbocycles. The van der Waals surface area contributed by atoms with Crippen molar-refractivity contribution in [1.29, 1.82) is 0 Å². The Labute approximate surface area is 112 Å². The van der Waals surface area contributed by atoms with Gasteiger partial charge in [-0.1, -0.05) is 12.1 Å². The number of phenols is 1. The summed E-state index contributed by atoms with van der Waals surface area (Å²) in [6, 6.07) is 6.98. The highest BCUT2D eigenvalue weighted by Gasteiger charge is 2.43. The van der Waals surface area contributed by atoms with Crippen LogP contribution in [0.2, 0.25) is 0 Å². The first kappa shape index (κ1) is 13.4. The maximum absolute atomic E-state index is 11.8. The van der Waals surface area contributed by atoms with E-state index < -0.39 is 0 Å². The van der Waals surface area contributed by atoms with E-state index in [1.807, 2.05) is 12.1 Å². The SMILES string of the molecule is CC(=O)NCCNC(=O)C1CC1c1ccc(O)cc1. The molecule has 1 fully saturated rings. The minimum atomic E-state index is -0.0948. The predicted octanol–water partition coefficient (Wildman–Crippen LogP) is 0.748. The van der Waals surface area contributed by atoms with Crippen molar-refractivity contribution in [3.63, 3.8) is 0 Å². The Morgan fingerprint density at radius 3 is 2.47 bits per heavy atom. The molecule has 2 rings (SSSR count). The average molecular weight is 262 g/mol. The van der Waals surface area contributed by atoms with Crippen molar-refractivity contribution < 1.29 is 14.7 Å². The zero-order chi connectivity index (χ0) is 13.8. The van der Waals surface area contributed by atoms with Crippen LogP contribution in [0.4, 0.5) is 0 Å². The average Bonchev–Trinajstić information content (AvgIpc) is 3.15. The molecule has 0 radical (unpaired) electrons. The molecule has 0 aliphatic heterocycles. The Morgan fingerprint density at radius 2 is 1.84 bits per heavy atom. The maximum atomic E-state index is 11.8. The second-order valence-corrected chi connectivity index (χ2v) is 4.81. The van der Waals surface area contributed by atoms with E-state index in [4.69, 9.17) is 0 Å². The summed E-state index contributed by atoms with van der Waals surface area (Å²) in [4.78, 5) is 22.5. The van der Waals surface area contributed by atoms with E-state index in [0.717, 1.165) is 12.0 Å². The van der Waals surface area contributed by atoms with Gasteiger partial charge < -0.3 is 15.7 Å². The smallest absolute Gasteiger partial charge is 0.223 e. The summed E-state index contributed by atoms with van der Waals surface area (Å²) < 4.78 is 0. The summed E-state index contributed by atoms with van der Waals surface area (Å²) in [6.45, 7) is 2.36. The van der Waals surface area contributed by atoms with Gasteiger partial charge in [0.2, 0.25) is 11.8 Å². The van der Waals surface area contributed by atoms with Gasteiger partial charge >= 0.3 is 0 Å². The summed E-state index contributed by atoms with van der Waals surface area (Å²) >= 11 is 0. The minimum absolute atomic E-state index is 0.0156. The van der Waals surface area contributed by atoms with Gasteiger partial charge in [-0.25, -0.2) is 0 Å². The van der Waals surface area contributed by atoms with E-state index >= 15 is 0 Å². The van der Waals surface area contributed by atoms with Crippen molar-refractivity contribution in [2.75, 3.05) is 13.1 Å². The molecule has 1 aliphatic rings. The molecule has 19 heavy (non-hydrogen) atoms. The van der Waals surface area contributed by atoms with Crippen LogP contribution in [-0.2, 0) is 9.59 Å². The lowest BCUT2D eigenvalue weighted by atomic mass is 10.1. The zero-order valence-corrected chi connectivity index (χ0v) is 10.8. The molecule has 3 N–H and O–H groups in total. The van der Waals surface area contributed by atoms with Gasteiger partial charge in [0.25, 0.3) is 0 Å². The van der Waals surface area contributed by atoms with E-state index in [0.29, 0.717) is 13.1 Å². The quantitative estimate of drug-likeness (QED) is 0.685. The molecule has 2 unspecified atom stereocenters. The van der Waals surface area contributed by atoms with Crippen molar-refractivity contribution >= 4 is 11.8 Å². The monoisotopic (exact) mass is 262 g/mol. The van der Waals surface area contributed by atoms with Crippen LogP contribution in [0.3, 0.4) is 0 Å². The molecule has 2 atom stereocenters. The van der Waals surface area contributed by atoms with Crippen molar-refractivity contribution in [3.8, 4) is 5.75 Å². The lowest BCUT2D eigenvalue weighted by molar-refractivity contribution is -0.123. The lowest BCUT2D eigenvalue weighted by Gasteiger charge is -2.05. The van der Waals surface area contributed by atoms with Crippen LogP contribution in [0.5, 0.6) is 5.75 Å². The van der Waals surface area contributed by atoms with Gasteiger partial charge in [-0.15, -0.1) is 0 Å². The van der Waals surface area contributed by atoms with Gasteiger partial charge in [-0.3, -0.25) is 9.59 Å². The largest absolute Gasteiger partial charge is 0.508 e. The summed E-state index contributed by atoms with van der Waals surface area (Å²) in [5.74, 6) is 0.440. The van der Waals surface area contributed by atoms with Gasteiger partial charge in [0.15, 0.2) is 0 Å². The number of nitrogens with one attached hydrogen (secondary N) is 2. The summed E-state index contributed by atoms with van der Waals surface area (Å²) in [6.07, 6.45) is 0.844. The Bertz CT molecular complexity index is 470. The molecule has 1 aromatic carbocycles. The van der Waals surface area contributed by atoms with E-state index in [2.05, 4.69) is 10.6 Å².